The summed E-state index contributed by atoms with van der Waals surface area (Å²) in [7, 11) is 0. The zero-order chi connectivity index (χ0) is 16.5. The number of hydrogen-bond acceptors (Lipinski definition) is 3. The molecule has 6 heteroatoms. The van der Waals surface area contributed by atoms with Crippen LogP contribution < -0.4 is 5.32 Å². The molecule has 0 radical (unpaired) electrons. The van der Waals surface area contributed by atoms with Crippen LogP contribution in [0.2, 0.25) is 0 Å². The predicted molar refractivity (Wildman–Crippen MR) is 88.2 cm³/mol. The van der Waals surface area contributed by atoms with Gasteiger partial charge in [0, 0.05) is 29.6 Å². The van der Waals surface area contributed by atoms with Crippen LogP contribution in [0.5, 0.6) is 0 Å². The molecule has 1 saturated carbocycles. The topological polar surface area (TPSA) is 75.6 Å². The SMILES string of the molecule is O=C(O)C1(C(=O)NCC2(c3ccc(Br)cc3)CCOCC2)CC1. The van der Waals surface area contributed by atoms with E-state index in [-0.39, 0.29) is 11.3 Å². The standard InChI is InChI=1S/C17H20BrNO4/c18-13-3-1-12(2-4-13)16(7-9-23-10-8-16)11-19-14(20)17(5-6-17)15(21)22/h1-4H,5-11H2,(H,19,20)(H,21,22). The van der Waals surface area contributed by atoms with Crippen LogP contribution in [0.15, 0.2) is 28.7 Å². The highest BCUT2D eigenvalue weighted by atomic mass is 79.9. The molecule has 23 heavy (non-hydrogen) atoms. The number of amides is 1. The van der Waals surface area contributed by atoms with Crippen LogP contribution in [0.25, 0.3) is 0 Å². The molecule has 1 aromatic rings. The van der Waals surface area contributed by atoms with Crippen LogP contribution in [0.3, 0.4) is 0 Å². The van der Waals surface area contributed by atoms with Crippen molar-refractivity contribution in [1.82, 2.24) is 5.32 Å². The normalized spacial score (nSPS) is 21.4. The fourth-order valence-corrected chi connectivity index (χ4v) is 3.48. The van der Waals surface area contributed by atoms with E-state index < -0.39 is 11.4 Å². The molecule has 1 aliphatic heterocycles. The van der Waals surface area contributed by atoms with Gasteiger partial charge in [0.15, 0.2) is 0 Å². The summed E-state index contributed by atoms with van der Waals surface area (Å²) in [6, 6.07) is 8.11. The van der Waals surface area contributed by atoms with Gasteiger partial charge in [0.1, 0.15) is 5.41 Å². The van der Waals surface area contributed by atoms with Crippen molar-refractivity contribution in [2.75, 3.05) is 19.8 Å². The molecule has 2 N–H and O–H groups in total. The molecule has 3 rings (SSSR count). The molecule has 0 aromatic heterocycles. The summed E-state index contributed by atoms with van der Waals surface area (Å²) < 4.78 is 6.49. The number of carbonyl (C=O) groups excluding carboxylic acids is 1. The highest BCUT2D eigenvalue weighted by Crippen LogP contribution is 2.46. The van der Waals surface area contributed by atoms with Crippen molar-refractivity contribution in [3.8, 4) is 0 Å². The highest BCUT2D eigenvalue weighted by Gasteiger charge is 2.57. The second-order valence-corrected chi connectivity index (χ2v) is 7.39. The lowest BCUT2D eigenvalue weighted by Gasteiger charge is -2.38. The summed E-state index contributed by atoms with van der Waals surface area (Å²) in [6.07, 6.45) is 2.50. The minimum absolute atomic E-state index is 0.191. The molecular formula is C17H20BrNO4. The lowest BCUT2D eigenvalue weighted by Crippen LogP contribution is -2.47. The molecule has 1 aliphatic carbocycles. The largest absolute Gasteiger partial charge is 0.480 e. The van der Waals surface area contributed by atoms with Gasteiger partial charge in [-0.15, -0.1) is 0 Å². The van der Waals surface area contributed by atoms with Gasteiger partial charge in [-0.3, -0.25) is 9.59 Å². The molecule has 1 aromatic carbocycles. The molecule has 1 heterocycles. The molecule has 124 valence electrons. The Hall–Kier alpha value is -1.40. The van der Waals surface area contributed by atoms with Gasteiger partial charge >= 0.3 is 5.97 Å². The van der Waals surface area contributed by atoms with Gasteiger partial charge in [-0.05, 0) is 43.4 Å². The Kier molecular flexibility index (Phi) is 4.47. The van der Waals surface area contributed by atoms with Crippen LogP contribution in [-0.4, -0.2) is 36.7 Å². The lowest BCUT2D eigenvalue weighted by atomic mass is 9.74. The number of benzene rings is 1. The number of ether oxygens (including phenoxy) is 1. The predicted octanol–water partition coefficient (Wildman–Crippen LogP) is 2.48. The van der Waals surface area contributed by atoms with Gasteiger partial charge in [-0.2, -0.15) is 0 Å². The zero-order valence-electron chi connectivity index (χ0n) is 12.8. The van der Waals surface area contributed by atoms with E-state index in [1.54, 1.807) is 0 Å². The summed E-state index contributed by atoms with van der Waals surface area (Å²) in [4.78, 5) is 23.6. The Labute approximate surface area is 143 Å². The van der Waals surface area contributed by atoms with Crippen molar-refractivity contribution < 1.29 is 19.4 Å². The van der Waals surface area contributed by atoms with Crippen LogP contribution in [0.1, 0.15) is 31.2 Å². The number of rotatable bonds is 5. The van der Waals surface area contributed by atoms with Gasteiger partial charge in [-0.1, -0.05) is 28.1 Å². The first-order valence-electron chi connectivity index (χ1n) is 7.84. The van der Waals surface area contributed by atoms with Crippen molar-refractivity contribution in [1.29, 1.82) is 0 Å². The Morgan fingerprint density at radius 3 is 2.26 bits per heavy atom. The van der Waals surface area contributed by atoms with E-state index in [0.29, 0.717) is 32.6 Å². The van der Waals surface area contributed by atoms with Gasteiger partial charge < -0.3 is 15.2 Å². The fraction of sp³-hybridized carbons (Fsp3) is 0.529. The first kappa shape index (κ1) is 16.5. The summed E-state index contributed by atoms with van der Waals surface area (Å²) in [5, 5.41) is 12.1. The first-order chi connectivity index (χ1) is 11.0. The summed E-state index contributed by atoms with van der Waals surface area (Å²) in [5.74, 6) is -1.37. The molecule has 0 unspecified atom stereocenters. The van der Waals surface area contributed by atoms with Gasteiger partial charge in [0.05, 0.1) is 0 Å². The number of carboxylic acid groups (broad SMARTS) is 1. The van der Waals surface area contributed by atoms with Crippen molar-refractivity contribution in [2.24, 2.45) is 5.41 Å². The van der Waals surface area contributed by atoms with Crippen LogP contribution in [0, 0.1) is 5.41 Å². The molecule has 1 amide bonds. The average Bonchev–Trinajstić information content (AvgIpc) is 3.36. The van der Waals surface area contributed by atoms with E-state index in [0.717, 1.165) is 22.9 Å². The van der Waals surface area contributed by atoms with E-state index in [9.17, 15) is 14.7 Å². The maximum Gasteiger partial charge on any atom is 0.319 e. The van der Waals surface area contributed by atoms with Crippen molar-refractivity contribution >= 4 is 27.8 Å². The van der Waals surface area contributed by atoms with Gasteiger partial charge in [0.25, 0.3) is 0 Å². The van der Waals surface area contributed by atoms with Crippen molar-refractivity contribution in [2.45, 2.75) is 31.1 Å². The van der Waals surface area contributed by atoms with Crippen molar-refractivity contribution in [3.63, 3.8) is 0 Å². The summed E-state index contributed by atoms with van der Waals surface area (Å²) in [5.41, 5.74) is -0.223. The van der Waals surface area contributed by atoms with Crippen molar-refractivity contribution in [3.05, 3.63) is 34.3 Å². The van der Waals surface area contributed by atoms with Gasteiger partial charge in [0.2, 0.25) is 5.91 Å². The second kappa shape index (κ2) is 6.24. The third-order valence-electron chi connectivity index (χ3n) is 5.09. The molecular weight excluding hydrogens is 362 g/mol. The Morgan fingerprint density at radius 1 is 1.13 bits per heavy atom. The van der Waals surface area contributed by atoms with E-state index in [2.05, 4.69) is 33.4 Å². The van der Waals surface area contributed by atoms with Gasteiger partial charge in [-0.25, -0.2) is 0 Å². The van der Waals surface area contributed by atoms with E-state index >= 15 is 0 Å². The lowest BCUT2D eigenvalue weighted by molar-refractivity contribution is -0.149. The Morgan fingerprint density at radius 2 is 1.74 bits per heavy atom. The van der Waals surface area contributed by atoms with E-state index in [1.165, 1.54) is 0 Å². The van der Waals surface area contributed by atoms with Crippen LogP contribution in [0.4, 0.5) is 0 Å². The molecule has 1 saturated heterocycles. The van der Waals surface area contributed by atoms with Crippen LogP contribution >= 0.6 is 15.9 Å². The van der Waals surface area contributed by atoms with E-state index in [4.69, 9.17) is 4.74 Å². The molecule has 0 spiro atoms. The molecule has 5 nitrogen and oxygen atoms in total. The minimum Gasteiger partial charge on any atom is -0.480 e. The number of hydrogen-bond donors (Lipinski definition) is 2. The first-order valence-corrected chi connectivity index (χ1v) is 8.63. The highest BCUT2D eigenvalue weighted by molar-refractivity contribution is 9.10. The Bertz CT molecular complexity index is 604. The quantitative estimate of drug-likeness (QED) is 0.768. The number of carboxylic acids is 1. The number of aliphatic carboxylic acids is 1. The summed E-state index contributed by atoms with van der Waals surface area (Å²) in [6.45, 7) is 1.75. The third-order valence-corrected chi connectivity index (χ3v) is 5.62. The Balaban J connectivity index is 1.76. The van der Waals surface area contributed by atoms with E-state index in [1.807, 2.05) is 12.1 Å². The third kappa shape index (κ3) is 3.15. The molecule has 2 aliphatic rings. The molecule has 0 atom stereocenters. The maximum atomic E-state index is 12.3. The minimum atomic E-state index is -1.19. The fourth-order valence-electron chi connectivity index (χ4n) is 3.21. The molecule has 2 fully saturated rings. The van der Waals surface area contributed by atoms with Crippen LogP contribution in [-0.2, 0) is 19.7 Å². The second-order valence-electron chi connectivity index (χ2n) is 6.47. The maximum absolute atomic E-state index is 12.3. The monoisotopic (exact) mass is 381 g/mol. The molecule has 0 bridgehead atoms. The summed E-state index contributed by atoms with van der Waals surface area (Å²) >= 11 is 3.44. The number of nitrogens with one attached hydrogen (secondary N) is 1. The number of halogens is 1. The smallest absolute Gasteiger partial charge is 0.319 e. The number of carbonyl (C=O) groups is 2. The average molecular weight is 382 g/mol. The zero-order valence-corrected chi connectivity index (χ0v) is 14.4.